The van der Waals surface area contributed by atoms with Crippen molar-refractivity contribution in [2.75, 3.05) is 11.9 Å². The molecule has 1 fully saturated rings. The van der Waals surface area contributed by atoms with Crippen molar-refractivity contribution < 1.29 is 31.8 Å². The summed E-state index contributed by atoms with van der Waals surface area (Å²) in [7, 11) is 0. The molecular formula is C18H21F5N4O2. The van der Waals surface area contributed by atoms with Crippen LogP contribution in [-0.2, 0) is 10.9 Å². The Labute approximate surface area is 163 Å². The molecule has 1 aliphatic carbocycles. The molecule has 0 spiro atoms. The van der Waals surface area contributed by atoms with Crippen LogP contribution in [0.25, 0.3) is 5.82 Å². The van der Waals surface area contributed by atoms with Gasteiger partial charge in [0, 0.05) is 37.3 Å². The molecule has 0 aromatic carbocycles. The minimum Gasteiger partial charge on any atom is -0.367 e. The van der Waals surface area contributed by atoms with Gasteiger partial charge in [0.15, 0.2) is 17.8 Å². The Morgan fingerprint density at radius 3 is 2.59 bits per heavy atom. The number of anilines is 1. The molecule has 2 aromatic rings. The second kappa shape index (κ2) is 8.23. The number of hydrogen-bond acceptors (Lipinski definition) is 5. The SMILES string of the molecule is CCOC(O)c1cc(NC2CCC(F)(F)CC2)nc(-n2ccc(C(F)(F)F)n2)c1. The normalized spacial score (nSPS) is 18.6. The van der Waals surface area contributed by atoms with Gasteiger partial charge < -0.3 is 15.2 Å². The highest BCUT2D eigenvalue weighted by Gasteiger charge is 2.35. The number of alkyl halides is 5. The van der Waals surface area contributed by atoms with Gasteiger partial charge >= 0.3 is 6.18 Å². The molecule has 0 bridgehead atoms. The number of nitrogens with one attached hydrogen (secondary N) is 1. The predicted octanol–water partition coefficient (Wildman–Crippen LogP) is 4.30. The smallest absolute Gasteiger partial charge is 0.367 e. The largest absolute Gasteiger partial charge is 0.435 e. The van der Waals surface area contributed by atoms with Gasteiger partial charge in [-0.1, -0.05) is 0 Å². The molecule has 0 amide bonds. The molecule has 1 unspecified atom stereocenters. The van der Waals surface area contributed by atoms with Crippen LogP contribution in [0.2, 0.25) is 0 Å². The molecule has 1 saturated carbocycles. The van der Waals surface area contributed by atoms with Crippen molar-refractivity contribution in [1.29, 1.82) is 0 Å². The zero-order chi connectivity index (χ0) is 21.2. The summed E-state index contributed by atoms with van der Waals surface area (Å²) in [6.07, 6.45) is -4.89. The summed E-state index contributed by atoms with van der Waals surface area (Å²) in [4.78, 5) is 4.24. The van der Waals surface area contributed by atoms with Gasteiger partial charge in [0.2, 0.25) is 5.92 Å². The molecular weight excluding hydrogens is 399 g/mol. The average Bonchev–Trinajstić information content (AvgIpc) is 3.14. The predicted molar refractivity (Wildman–Crippen MR) is 93.8 cm³/mol. The van der Waals surface area contributed by atoms with Crippen molar-refractivity contribution in [2.45, 2.75) is 57.0 Å². The number of pyridine rings is 1. The van der Waals surface area contributed by atoms with Crippen LogP contribution in [-0.4, -0.2) is 38.4 Å². The second-order valence-electron chi connectivity index (χ2n) is 6.87. The van der Waals surface area contributed by atoms with Crippen LogP contribution >= 0.6 is 0 Å². The van der Waals surface area contributed by atoms with Crippen LogP contribution in [0.15, 0.2) is 24.4 Å². The lowest BCUT2D eigenvalue weighted by atomic mass is 9.92. The van der Waals surface area contributed by atoms with E-state index in [1.165, 1.54) is 12.1 Å². The third-order valence-corrected chi connectivity index (χ3v) is 4.63. The van der Waals surface area contributed by atoms with E-state index >= 15 is 0 Å². The molecule has 3 rings (SSSR count). The Morgan fingerprint density at radius 2 is 2.00 bits per heavy atom. The zero-order valence-corrected chi connectivity index (χ0v) is 15.6. The summed E-state index contributed by atoms with van der Waals surface area (Å²) in [5.41, 5.74) is -0.830. The number of aromatic nitrogens is 3. The molecule has 0 radical (unpaired) electrons. The van der Waals surface area contributed by atoms with E-state index in [0.29, 0.717) is 0 Å². The van der Waals surface area contributed by atoms with Crippen molar-refractivity contribution in [3.63, 3.8) is 0 Å². The number of aliphatic hydroxyl groups excluding tert-OH is 1. The van der Waals surface area contributed by atoms with Gasteiger partial charge in [0.1, 0.15) is 5.82 Å². The molecule has 29 heavy (non-hydrogen) atoms. The van der Waals surface area contributed by atoms with E-state index in [2.05, 4.69) is 15.4 Å². The van der Waals surface area contributed by atoms with E-state index < -0.39 is 24.1 Å². The van der Waals surface area contributed by atoms with Crippen LogP contribution in [0.5, 0.6) is 0 Å². The lowest BCUT2D eigenvalue weighted by Crippen LogP contribution is -2.32. The molecule has 0 saturated heterocycles. The number of nitrogens with zero attached hydrogens (tertiary/aromatic N) is 3. The van der Waals surface area contributed by atoms with Gasteiger partial charge in [-0.2, -0.15) is 18.3 Å². The van der Waals surface area contributed by atoms with Gasteiger partial charge in [-0.05, 0) is 38.0 Å². The molecule has 2 aromatic heterocycles. The Hall–Kier alpha value is -2.27. The number of rotatable bonds is 6. The molecule has 160 valence electrons. The monoisotopic (exact) mass is 420 g/mol. The Bertz CT molecular complexity index is 830. The van der Waals surface area contributed by atoms with Crippen molar-refractivity contribution in [1.82, 2.24) is 14.8 Å². The maximum Gasteiger partial charge on any atom is 0.435 e. The molecule has 2 heterocycles. The third-order valence-electron chi connectivity index (χ3n) is 4.63. The van der Waals surface area contributed by atoms with Crippen LogP contribution in [0.3, 0.4) is 0 Å². The summed E-state index contributed by atoms with van der Waals surface area (Å²) in [5, 5.41) is 16.7. The second-order valence-corrected chi connectivity index (χ2v) is 6.87. The Morgan fingerprint density at radius 1 is 1.31 bits per heavy atom. The fourth-order valence-corrected chi connectivity index (χ4v) is 3.12. The maximum atomic E-state index is 13.4. The van der Waals surface area contributed by atoms with Crippen molar-refractivity contribution in [2.24, 2.45) is 0 Å². The standard InChI is InChI=1S/C18H21F5N4O2/c1-2-29-16(28)11-9-14(24-12-3-6-17(19,20)7-4-12)25-15(10-11)27-8-5-13(26-27)18(21,22)23/h5,8-10,12,16,28H,2-4,6-7H2,1H3,(H,24,25). The molecule has 0 aliphatic heterocycles. The first-order valence-electron chi connectivity index (χ1n) is 9.16. The lowest BCUT2D eigenvalue weighted by Gasteiger charge is -2.29. The molecule has 6 nitrogen and oxygen atoms in total. The van der Waals surface area contributed by atoms with E-state index in [9.17, 15) is 27.1 Å². The fraction of sp³-hybridized carbons (Fsp3) is 0.556. The minimum absolute atomic E-state index is 0.0281. The fourth-order valence-electron chi connectivity index (χ4n) is 3.12. The third kappa shape index (κ3) is 5.41. The first-order chi connectivity index (χ1) is 13.6. The van der Waals surface area contributed by atoms with E-state index in [4.69, 9.17) is 4.74 Å². The van der Waals surface area contributed by atoms with E-state index in [-0.39, 0.29) is 55.5 Å². The number of ether oxygens (including phenoxy) is 1. The number of halogens is 5. The zero-order valence-electron chi connectivity index (χ0n) is 15.6. The van der Waals surface area contributed by atoms with E-state index in [1.807, 2.05) is 0 Å². The van der Waals surface area contributed by atoms with E-state index in [1.54, 1.807) is 6.92 Å². The molecule has 11 heteroatoms. The number of hydrogen-bond donors (Lipinski definition) is 2. The first kappa shape index (κ1) is 21.4. The maximum absolute atomic E-state index is 13.4. The van der Waals surface area contributed by atoms with Gasteiger partial charge in [-0.15, -0.1) is 0 Å². The summed E-state index contributed by atoms with van der Waals surface area (Å²) in [5.74, 6) is -2.43. The van der Waals surface area contributed by atoms with Crippen molar-refractivity contribution in [3.05, 3.63) is 35.7 Å². The lowest BCUT2D eigenvalue weighted by molar-refractivity contribution is -0.141. The summed E-state index contributed by atoms with van der Waals surface area (Å²) in [6.45, 7) is 1.88. The average molecular weight is 420 g/mol. The van der Waals surface area contributed by atoms with Crippen LogP contribution in [0, 0.1) is 0 Å². The van der Waals surface area contributed by atoms with Crippen LogP contribution in [0.1, 0.15) is 50.2 Å². The van der Waals surface area contributed by atoms with Crippen molar-refractivity contribution in [3.8, 4) is 5.82 Å². The molecule has 1 aliphatic rings. The minimum atomic E-state index is -4.61. The summed E-state index contributed by atoms with van der Waals surface area (Å²) < 4.78 is 71.3. The van der Waals surface area contributed by atoms with Crippen LogP contribution < -0.4 is 5.32 Å². The highest BCUT2D eigenvalue weighted by Crippen LogP contribution is 2.34. The van der Waals surface area contributed by atoms with E-state index in [0.717, 1.165) is 16.9 Å². The highest BCUT2D eigenvalue weighted by molar-refractivity contribution is 5.45. The van der Waals surface area contributed by atoms with Crippen LogP contribution in [0.4, 0.5) is 27.8 Å². The Balaban J connectivity index is 1.89. The first-order valence-corrected chi connectivity index (χ1v) is 9.16. The summed E-state index contributed by atoms with van der Waals surface area (Å²) >= 11 is 0. The summed E-state index contributed by atoms with van der Waals surface area (Å²) in [6, 6.07) is 3.38. The molecule has 1 atom stereocenters. The molecule has 2 N–H and O–H groups in total. The van der Waals surface area contributed by atoms with Gasteiger partial charge in [-0.25, -0.2) is 18.4 Å². The Kier molecular flexibility index (Phi) is 6.08. The topological polar surface area (TPSA) is 72.2 Å². The van der Waals surface area contributed by atoms with Crippen molar-refractivity contribution >= 4 is 5.82 Å². The highest BCUT2D eigenvalue weighted by atomic mass is 19.4. The van der Waals surface area contributed by atoms with Gasteiger partial charge in [0.25, 0.3) is 0 Å². The quantitative estimate of drug-likeness (QED) is 0.539. The number of aliphatic hydroxyl groups is 1. The van der Waals surface area contributed by atoms with Gasteiger partial charge in [0.05, 0.1) is 0 Å². The van der Waals surface area contributed by atoms with Gasteiger partial charge in [-0.3, -0.25) is 0 Å².